The van der Waals surface area contributed by atoms with E-state index in [1.807, 2.05) is 0 Å². The molecule has 1 aromatic rings. The van der Waals surface area contributed by atoms with Gasteiger partial charge in [-0.3, -0.25) is 8.75 Å². The van der Waals surface area contributed by atoms with Gasteiger partial charge in [0.25, 0.3) is 10.1 Å². The van der Waals surface area contributed by atoms with Gasteiger partial charge in [0.05, 0.1) is 11.5 Å². The SMILES string of the molecule is CCOP(=O)(CC)COS(=O)(=O)c1ccc(Br)cc1. The summed E-state index contributed by atoms with van der Waals surface area (Å²) in [6.45, 7) is 3.63. The molecule has 0 saturated heterocycles. The smallest absolute Gasteiger partial charge is 0.297 e. The third-order valence-corrected chi connectivity index (χ3v) is 6.55. The van der Waals surface area contributed by atoms with E-state index in [0.717, 1.165) is 4.47 Å². The van der Waals surface area contributed by atoms with Crippen LogP contribution >= 0.6 is 23.3 Å². The zero-order chi connectivity index (χ0) is 14.5. The van der Waals surface area contributed by atoms with E-state index in [1.54, 1.807) is 26.0 Å². The van der Waals surface area contributed by atoms with Crippen molar-refractivity contribution in [1.29, 1.82) is 0 Å². The number of hydrogen-bond acceptors (Lipinski definition) is 5. The number of hydrogen-bond donors (Lipinski definition) is 0. The van der Waals surface area contributed by atoms with Gasteiger partial charge in [-0.05, 0) is 31.2 Å². The van der Waals surface area contributed by atoms with Crippen LogP contribution in [0.15, 0.2) is 33.6 Å². The van der Waals surface area contributed by atoms with E-state index in [-0.39, 0.29) is 17.7 Å². The van der Waals surface area contributed by atoms with E-state index in [0.29, 0.717) is 0 Å². The Balaban J connectivity index is 2.81. The second-order valence-electron chi connectivity index (χ2n) is 3.70. The van der Waals surface area contributed by atoms with Gasteiger partial charge < -0.3 is 4.52 Å². The van der Waals surface area contributed by atoms with E-state index in [1.165, 1.54) is 12.1 Å². The Morgan fingerprint density at radius 1 is 1.21 bits per heavy atom. The van der Waals surface area contributed by atoms with Crippen molar-refractivity contribution in [3.63, 3.8) is 0 Å². The first-order chi connectivity index (χ1) is 8.83. The van der Waals surface area contributed by atoms with Crippen molar-refractivity contribution in [3.8, 4) is 0 Å². The largest absolute Gasteiger partial charge is 0.327 e. The molecule has 1 aromatic carbocycles. The first-order valence-corrected chi connectivity index (χ1v) is 9.90. The Morgan fingerprint density at radius 2 is 1.79 bits per heavy atom. The van der Waals surface area contributed by atoms with Crippen molar-refractivity contribution in [3.05, 3.63) is 28.7 Å². The highest BCUT2D eigenvalue weighted by Crippen LogP contribution is 2.46. The van der Waals surface area contributed by atoms with E-state index in [2.05, 4.69) is 15.9 Å². The summed E-state index contributed by atoms with van der Waals surface area (Å²) >= 11 is 3.21. The van der Waals surface area contributed by atoms with Crippen molar-refractivity contribution in [2.24, 2.45) is 0 Å². The molecule has 0 aromatic heterocycles. The molecular formula is C11H16BrO5PS. The summed E-state index contributed by atoms with van der Waals surface area (Å²) in [7, 11) is -6.95. The zero-order valence-electron chi connectivity index (χ0n) is 10.7. The normalized spacial score (nSPS) is 15.1. The first-order valence-electron chi connectivity index (χ1n) is 5.70. The molecule has 108 valence electrons. The molecule has 0 saturated carbocycles. The fraction of sp³-hybridized carbons (Fsp3) is 0.455. The maximum atomic E-state index is 12.1. The molecule has 0 fully saturated rings. The average Bonchev–Trinajstić information content (AvgIpc) is 2.37. The molecule has 1 atom stereocenters. The van der Waals surface area contributed by atoms with Crippen LogP contribution in [0.1, 0.15) is 13.8 Å². The molecule has 0 bridgehead atoms. The predicted octanol–water partition coefficient (Wildman–Crippen LogP) is 3.45. The molecule has 0 amide bonds. The third kappa shape index (κ3) is 5.00. The summed E-state index contributed by atoms with van der Waals surface area (Å²) in [6.07, 6.45) is -0.202. The van der Waals surface area contributed by atoms with Gasteiger partial charge in [-0.2, -0.15) is 8.42 Å². The van der Waals surface area contributed by atoms with Crippen LogP contribution in [-0.2, 0) is 23.4 Å². The van der Waals surface area contributed by atoms with Gasteiger partial charge in [-0.1, -0.05) is 22.9 Å². The molecule has 0 N–H and O–H groups in total. The molecule has 0 aliphatic carbocycles. The molecule has 0 aliphatic heterocycles. The molecule has 1 unspecified atom stereocenters. The van der Waals surface area contributed by atoms with Gasteiger partial charge in [0.2, 0.25) is 7.37 Å². The highest BCUT2D eigenvalue weighted by Gasteiger charge is 2.25. The Hall–Kier alpha value is -0.200. The van der Waals surface area contributed by atoms with Crippen LogP contribution in [0.25, 0.3) is 0 Å². The highest BCUT2D eigenvalue weighted by atomic mass is 79.9. The monoisotopic (exact) mass is 370 g/mol. The third-order valence-electron chi connectivity index (χ3n) is 2.35. The van der Waals surface area contributed by atoms with Crippen molar-refractivity contribution in [2.45, 2.75) is 18.7 Å². The minimum absolute atomic E-state index is 0.0230. The summed E-state index contributed by atoms with van der Waals surface area (Å²) < 4.78 is 46.6. The fourth-order valence-corrected chi connectivity index (χ4v) is 4.25. The van der Waals surface area contributed by atoms with Gasteiger partial charge in [0.15, 0.2) is 0 Å². The Kier molecular flexibility index (Phi) is 6.20. The summed E-state index contributed by atoms with van der Waals surface area (Å²) in [5.74, 6) is 0. The topological polar surface area (TPSA) is 69.7 Å². The van der Waals surface area contributed by atoms with Crippen LogP contribution in [0.4, 0.5) is 0 Å². The summed E-state index contributed by atoms with van der Waals surface area (Å²) in [6, 6.07) is 6.02. The molecule has 0 radical (unpaired) electrons. The lowest BCUT2D eigenvalue weighted by molar-refractivity contribution is 0.294. The molecule has 1 rings (SSSR count). The summed E-state index contributed by atoms with van der Waals surface area (Å²) in [4.78, 5) is 0.0230. The van der Waals surface area contributed by atoms with Crippen LogP contribution < -0.4 is 0 Å². The summed E-state index contributed by atoms with van der Waals surface area (Å²) in [5, 5.41) is 0. The minimum atomic E-state index is -3.91. The van der Waals surface area contributed by atoms with Gasteiger partial charge in [0, 0.05) is 10.6 Å². The average molecular weight is 371 g/mol. The van der Waals surface area contributed by atoms with Crippen LogP contribution in [0.3, 0.4) is 0 Å². The number of benzene rings is 1. The van der Waals surface area contributed by atoms with Gasteiger partial charge in [-0.25, -0.2) is 0 Å². The molecule has 0 spiro atoms. The molecule has 0 aliphatic rings. The lowest BCUT2D eigenvalue weighted by atomic mass is 10.4. The molecule has 19 heavy (non-hydrogen) atoms. The first kappa shape index (κ1) is 16.9. The van der Waals surface area contributed by atoms with E-state index in [4.69, 9.17) is 8.71 Å². The Bertz CT molecular complexity index is 555. The lowest BCUT2D eigenvalue weighted by Crippen LogP contribution is -2.10. The quantitative estimate of drug-likeness (QED) is 0.543. The molecule has 8 heteroatoms. The molecular weight excluding hydrogens is 355 g/mol. The van der Waals surface area contributed by atoms with Crippen LogP contribution in [0.5, 0.6) is 0 Å². The standard InChI is InChI=1S/C11H16BrO5PS/c1-3-16-18(13,4-2)9-17-19(14,15)11-7-5-10(12)6-8-11/h5-8H,3-4,9H2,1-2H3. The Morgan fingerprint density at radius 3 is 2.26 bits per heavy atom. The van der Waals surface area contributed by atoms with Crippen LogP contribution in [0.2, 0.25) is 0 Å². The van der Waals surface area contributed by atoms with Gasteiger partial charge >= 0.3 is 0 Å². The lowest BCUT2D eigenvalue weighted by Gasteiger charge is -2.15. The Labute approximate surface area is 122 Å². The highest BCUT2D eigenvalue weighted by molar-refractivity contribution is 9.10. The van der Waals surface area contributed by atoms with Crippen molar-refractivity contribution >= 4 is 33.4 Å². The molecule has 5 nitrogen and oxygen atoms in total. The molecule has 0 heterocycles. The fourth-order valence-electron chi connectivity index (χ4n) is 1.27. The summed E-state index contributed by atoms with van der Waals surface area (Å²) in [5.41, 5.74) is 0. The van der Waals surface area contributed by atoms with E-state index in [9.17, 15) is 13.0 Å². The van der Waals surface area contributed by atoms with Crippen molar-refractivity contribution < 1.29 is 21.7 Å². The predicted molar refractivity (Wildman–Crippen MR) is 77.1 cm³/mol. The van der Waals surface area contributed by atoms with Crippen LogP contribution in [0, 0.1) is 0 Å². The number of rotatable bonds is 7. The second kappa shape index (κ2) is 6.99. The maximum absolute atomic E-state index is 12.1. The maximum Gasteiger partial charge on any atom is 0.297 e. The van der Waals surface area contributed by atoms with Crippen LogP contribution in [-0.4, -0.2) is 27.5 Å². The second-order valence-corrected chi connectivity index (χ2v) is 9.01. The van der Waals surface area contributed by atoms with E-state index < -0.39 is 23.8 Å². The van der Waals surface area contributed by atoms with E-state index >= 15 is 0 Å². The van der Waals surface area contributed by atoms with Gasteiger partial charge in [-0.15, -0.1) is 0 Å². The zero-order valence-corrected chi connectivity index (χ0v) is 14.0. The minimum Gasteiger partial charge on any atom is -0.327 e. The van der Waals surface area contributed by atoms with Gasteiger partial charge in [0.1, 0.15) is 6.35 Å². The van der Waals surface area contributed by atoms with Crippen molar-refractivity contribution in [1.82, 2.24) is 0 Å². The van der Waals surface area contributed by atoms with Crippen molar-refractivity contribution in [2.75, 3.05) is 19.1 Å². The number of halogens is 1.